The van der Waals surface area contributed by atoms with E-state index in [0.29, 0.717) is 23.6 Å². The van der Waals surface area contributed by atoms with Crippen LogP contribution >= 0.6 is 0 Å². The number of anilines is 2. The first-order valence-corrected chi connectivity index (χ1v) is 7.14. The van der Waals surface area contributed by atoms with Crippen LogP contribution in [-0.2, 0) is 16.0 Å². The molecule has 0 saturated heterocycles. The number of amides is 2. The molecule has 3 rings (SSSR count). The lowest BCUT2D eigenvalue weighted by Gasteiger charge is -2.11. The molecule has 0 unspecified atom stereocenters. The van der Waals surface area contributed by atoms with Crippen molar-refractivity contribution >= 4 is 23.2 Å². The van der Waals surface area contributed by atoms with Crippen LogP contribution in [0.5, 0.6) is 11.5 Å². The van der Waals surface area contributed by atoms with Gasteiger partial charge in [-0.25, -0.2) is 0 Å². The molecule has 2 aromatic rings. The van der Waals surface area contributed by atoms with Gasteiger partial charge >= 0.3 is 0 Å². The number of carbonyl (C=O) groups is 2. The zero-order valence-electron chi connectivity index (χ0n) is 12.6. The molecule has 0 aromatic heterocycles. The Morgan fingerprint density at radius 2 is 2.00 bits per heavy atom. The van der Waals surface area contributed by atoms with Gasteiger partial charge in [0.25, 0.3) is 5.91 Å². The zero-order chi connectivity index (χ0) is 16.2. The summed E-state index contributed by atoms with van der Waals surface area (Å²) in [6.07, 6.45) is 0.330. The minimum atomic E-state index is -0.284. The topological polar surface area (TPSA) is 76.7 Å². The van der Waals surface area contributed by atoms with Crippen LogP contribution in [0.1, 0.15) is 5.56 Å². The van der Waals surface area contributed by atoms with Crippen LogP contribution in [0, 0.1) is 0 Å². The molecule has 0 radical (unpaired) electrons. The third kappa shape index (κ3) is 3.42. The number of para-hydroxylation sites is 2. The molecule has 0 atom stereocenters. The van der Waals surface area contributed by atoms with E-state index in [9.17, 15) is 9.59 Å². The van der Waals surface area contributed by atoms with Crippen molar-refractivity contribution in [3.05, 3.63) is 48.0 Å². The van der Waals surface area contributed by atoms with E-state index in [4.69, 9.17) is 9.47 Å². The van der Waals surface area contributed by atoms with Crippen LogP contribution < -0.4 is 20.1 Å². The Hall–Kier alpha value is -3.02. The Morgan fingerprint density at radius 1 is 1.22 bits per heavy atom. The molecule has 118 valence electrons. The van der Waals surface area contributed by atoms with Crippen LogP contribution in [0.3, 0.4) is 0 Å². The molecule has 0 bridgehead atoms. The molecular formula is C17H16N2O4. The summed E-state index contributed by atoms with van der Waals surface area (Å²) in [5.74, 6) is 0.757. The third-order valence-corrected chi connectivity index (χ3v) is 3.44. The molecule has 23 heavy (non-hydrogen) atoms. The second kappa shape index (κ2) is 6.39. The van der Waals surface area contributed by atoms with Gasteiger partial charge in [0.1, 0.15) is 0 Å². The van der Waals surface area contributed by atoms with Crippen LogP contribution in [-0.4, -0.2) is 25.5 Å². The zero-order valence-corrected chi connectivity index (χ0v) is 12.6. The summed E-state index contributed by atoms with van der Waals surface area (Å²) in [5.41, 5.74) is 2.30. The van der Waals surface area contributed by atoms with Gasteiger partial charge in [0.05, 0.1) is 13.5 Å². The fourth-order valence-corrected chi connectivity index (χ4v) is 2.39. The molecule has 0 saturated carbocycles. The Morgan fingerprint density at radius 3 is 2.78 bits per heavy atom. The maximum absolute atomic E-state index is 12.0. The number of fused-ring (bicyclic) bond motifs is 1. The largest absolute Gasteiger partial charge is 0.493 e. The lowest BCUT2D eigenvalue weighted by Crippen LogP contribution is -2.20. The number of ether oxygens (including phenoxy) is 2. The highest BCUT2D eigenvalue weighted by atomic mass is 16.5. The van der Waals surface area contributed by atoms with E-state index in [2.05, 4.69) is 10.6 Å². The van der Waals surface area contributed by atoms with Crippen LogP contribution in [0.25, 0.3) is 0 Å². The normalized spacial score (nSPS) is 12.3. The van der Waals surface area contributed by atoms with Crippen molar-refractivity contribution in [3.8, 4) is 11.5 Å². The van der Waals surface area contributed by atoms with Gasteiger partial charge in [-0.05, 0) is 35.9 Å². The van der Waals surface area contributed by atoms with Crippen molar-refractivity contribution in [3.63, 3.8) is 0 Å². The quantitative estimate of drug-likeness (QED) is 0.887. The molecule has 2 aromatic carbocycles. The number of methoxy groups -OCH3 is 1. The van der Waals surface area contributed by atoms with Gasteiger partial charge in [-0.2, -0.15) is 0 Å². The van der Waals surface area contributed by atoms with Gasteiger partial charge in [0.15, 0.2) is 18.1 Å². The first-order chi connectivity index (χ1) is 11.2. The monoisotopic (exact) mass is 312 g/mol. The maximum Gasteiger partial charge on any atom is 0.262 e. The van der Waals surface area contributed by atoms with Crippen molar-refractivity contribution in [2.75, 3.05) is 24.4 Å². The summed E-state index contributed by atoms with van der Waals surface area (Å²) >= 11 is 0. The van der Waals surface area contributed by atoms with E-state index in [-0.39, 0.29) is 18.4 Å². The molecule has 6 nitrogen and oxygen atoms in total. The smallest absolute Gasteiger partial charge is 0.262 e. The number of hydrogen-bond donors (Lipinski definition) is 2. The molecule has 1 aliphatic rings. The Balaban J connectivity index is 1.60. The summed E-state index contributed by atoms with van der Waals surface area (Å²) < 4.78 is 10.6. The maximum atomic E-state index is 12.0. The molecule has 1 aliphatic heterocycles. The van der Waals surface area contributed by atoms with Gasteiger partial charge in [-0.15, -0.1) is 0 Å². The molecule has 0 fully saturated rings. The molecule has 1 heterocycles. The number of benzene rings is 2. The number of rotatable bonds is 5. The summed E-state index contributed by atoms with van der Waals surface area (Å²) in [6, 6.07) is 12.4. The first kappa shape index (κ1) is 14.9. The van der Waals surface area contributed by atoms with E-state index in [0.717, 1.165) is 11.3 Å². The lowest BCUT2D eigenvalue weighted by atomic mass is 10.1. The highest BCUT2D eigenvalue weighted by molar-refractivity contribution is 6.00. The van der Waals surface area contributed by atoms with E-state index in [1.807, 2.05) is 6.07 Å². The average Bonchev–Trinajstić information content (AvgIpc) is 2.92. The fourth-order valence-electron chi connectivity index (χ4n) is 2.39. The Labute approximate surface area is 133 Å². The van der Waals surface area contributed by atoms with Crippen LogP contribution in [0.15, 0.2) is 42.5 Å². The lowest BCUT2D eigenvalue weighted by molar-refractivity contribution is -0.118. The SMILES string of the molecule is COc1ccccc1OCC(=O)Nc1ccc2c(c1)CC(=O)N2. The van der Waals surface area contributed by atoms with Crippen LogP contribution in [0.2, 0.25) is 0 Å². The summed E-state index contributed by atoms with van der Waals surface area (Å²) in [6.45, 7) is -0.130. The van der Waals surface area contributed by atoms with Gasteiger partial charge < -0.3 is 20.1 Å². The number of carbonyl (C=O) groups excluding carboxylic acids is 2. The standard InChI is InChI=1S/C17H16N2O4/c1-22-14-4-2-3-5-15(14)23-10-17(21)18-12-6-7-13-11(8-12)9-16(20)19-13/h2-8H,9-10H2,1H3,(H,18,21)(H,19,20). The molecule has 0 aliphatic carbocycles. The highest BCUT2D eigenvalue weighted by Crippen LogP contribution is 2.27. The average molecular weight is 312 g/mol. The third-order valence-electron chi connectivity index (χ3n) is 3.44. The highest BCUT2D eigenvalue weighted by Gasteiger charge is 2.18. The predicted molar refractivity (Wildman–Crippen MR) is 85.9 cm³/mol. The number of nitrogens with one attached hydrogen (secondary N) is 2. The first-order valence-electron chi connectivity index (χ1n) is 7.14. The van der Waals surface area contributed by atoms with E-state index in [1.54, 1.807) is 43.5 Å². The van der Waals surface area contributed by atoms with E-state index in [1.165, 1.54) is 0 Å². The minimum absolute atomic E-state index is 0.0389. The number of hydrogen-bond acceptors (Lipinski definition) is 4. The van der Waals surface area contributed by atoms with Crippen molar-refractivity contribution in [2.45, 2.75) is 6.42 Å². The second-order valence-corrected chi connectivity index (χ2v) is 5.08. The van der Waals surface area contributed by atoms with E-state index < -0.39 is 0 Å². The van der Waals surface area contributed by atoms with Gasteiger partial charge in [-0.1, -0.05) is 12.1 Å². The minimum Gasteiger partial charge on any atom is -0.493 e. The summed E-state index contributed by atoms with van der Waals surface area (Å²) in [5, 5.41) is 5.50. The van der Waals surface area contributed by atoms with Gasteiger partial charge in [-0.3, -0.25) is 9.59 Å². The molecule has 6 heteroatoms. The van der Waals surface area contributed by atoms with Crippen molar-refractivity contribution in [2.24, 2.45) is 0 Å². The fraction of sp³-hybridized carbons (Fsp3) is 0.176. The molecule has 2 amide bonds. The predicted octanol–water partition coefficient (Wildman–Crippen LogP) is 2.21. The summed E-state index contributed by atoms with van der Waals surface area (Å²) in [4.78, 5) is 23.3. The Bertz CT molecular complexity index is 758. The van der Waals surface area contributed by atoms with Crippen molar-refractivity contribution in [1.29, 1.82) is 0 Å². The second-order valence-electron chi connectivity index (χ2n) is 5.08. The van der Waals surface area contributed by atoms with E-state index >= 15 is 0 Å². The van der Waals surface area contributed by atoms with Crippen molar-refractivity contribution < 1.29 is 19.1 Å². The van der Waals surface area contributed by atoms with Crippen molar-refractivity contribution in [1.82, 2.24) is 0 Å². The summed E-state index contributed by atoms with van der Waals surface area (Å²) in [7, 11) is 1.54. The Kier molecular flexibility index (Phi) is 4.14. The molecule has 2 N–H and O–H groups in total. The molecule has 0 spiro atoms. The van der Waals surface area contributed by atoms with Gasteiger partial charge in [0.2, 0.25) is 5.91 Å². The van der Waals surface area contributed by atoms with Crippen LogP contribution in [0.4, 0.5) is 11.4 Å². The molecular weight excluding hydrogens is 296 g/mol. The van der Waals surface area contributed by atoms with Gasteiger partial charge in [0, 0.05) is 11.4 Å².